The lowest BCUT2D eigenvalue weighted by atomic mass is 10.1. The molecule has 0 aliphatic carbocycles. The highest BCUT2D eigenvalue weighted by Gasteiger charge is 2.11. The number of para-hydroxylation sites is 1. The van der Waals surface area contributed by atoms with Crippen LogP contribution in [-0.2, 0) is 13.1 Å². The van der Waals surface area contributed by atoms with Crippen molar-refractivity contribution in [3.05, 3.63) is 58.9 Å². The summed E-state index contributed by atoms with van der Waals surface area (Å²) in [5.41, 5.74) is 1.94. The number of nitrogens with zero attached hydrogens (tertiary/aromatic N) is 2. The minimum Gasteiger partial charge on any atom is -0.508 e. The number of hydrogen-bond donors (Lipinski definition) is 1. The molecular formula is C16H19ClN2O. The van der Waals surface area contributed by atoms with E-state index in [1.54, 1.807) is 12.3 Å². The van der Waals surface area contributed by atoms with Gasteiger partial charge in [0.15, 0.2) is 0 Å². The highest BCUT2D eigenvalue weighted by molar-refractivity contribution is 6.30. The van der Waals surface area contributed by atoms with Crippen molar-refractivity contribution < 1.29 is 5.11 Å². The number of phenols is 1. The molecule has 0 amide bonds. The van der Waals surface area contributed by atoms with Crippen LogP contribution in [0.1, 0.15) is 24.5 Å². The summed E-state index contributed by atoms with van der Waals surface area (Å²) in [6.45, 7) is 4.52. The molecule has 1 aromatic carbocycles. The van der Waals surface area contributed by atoms with Crippen molar-refractivity contribution in [2.75, 3.05) is 6.54 Å². The molecule has 0 atom stereocenters. The smallest absolute Gasteiger partial charge is 0.133 e. The first-order chi connectivity index (χ1) is 9.70. The molecule has 106 valence electrons. The van der Waals surface area contributed by atoms with Crippen molar-refractivity contribution in [3.63, 3.8) is 0 Å². The van der Waals surface area contributed by atoms with E-state index in [2.05, 4.69) is 16.8 Å². The van der Waals surface area contributed by atoms with Gasteiger partial charge in [-0.05, 0) is 25.1 Å². The fourth-order valence-electron chi connectivity index (χ4n) is 2.19. The lowest BCUT2D eigenvalue weighted by molar-refractivity contribution is 0.253. The number of aromatic hydroxyl groups is 1. The SMILES string of the molecule is CCCN(Cc1ccccc1O)Cc1cccnc1Cl. The summed E-state index contributed by atoms with van der Waals surface area (Å²) in [6, 6.07) is 11.3. The molecule has 4 heteroatoms. The lowest BCUT2D eigenvalue weighted by Crippen LogP contribution is -2.24. The quantitative estimate of drug-likeness (QED) is 0.821. The Morgan fingerprint density at radius 3 is 2.50 bits per heavy atom. The normalized spacial score (nSPS) is 10.9. The number of pyridine rings is 1. The number of halogens is 1. The van der Waals surface area contributed by atoms with Crippen LogP contribution in [0.25, 0.3) is 0 Å². The van der Waals surface area contributed by atoms with E-state index in [0.717, 1.165) is 30.6 Å². The number of hydrogen-bond acceptors (Lipinski definition) is 3. The number of benzene rings is 1. The molecule has 0 fully saturated rings. The minimum absolute atomic E-state index is 0.339. The van der Waals surface area contributed by atoms with Gasteiger partial charge in [-0.15, -0.1) is 0 Å². The molecule has 0 saturated heterocycles. The molecule has 0 aliphatic rings. The summed E-state index contributed by atoms with van der Waals surface area (Å²) in [4.78, 5) is 6.37. The number of phenolic OH excluding ortho intramolecular Hbond substituents is 1. The Bertz CT molecular complexity index is 512. The molecule has 1 aromatic heterocycles. The van der Waals surface area contributed by atoms with Gasteiger partial charge in [-0.3, -0.25) is 4.90 Å². The van der Waals surface area contributed by atoms with E-state index in [0.29, 0.717) is 17.4 Å². The van der Waals surface area contributed by atoms with E-state index in [1.807, 2.05) is 30.3 Å². The second-order valence-electron chi connectivity index (χ2n) is 4.79. The van der Waals surface area contributed by atoms with Gasteiger partial charge in [-0.1, -0.05) is 42.8 Å². The summed E-state index contributed by atoms with van der Waals surface area (Å²) in [5.74, 6) is 0.339. The second-order valence-corrected chi connectivity index (χ2v) is 5.15. The summed E-state index contributed by atoms with van der Waals surface area (Å²) in [6.07, 6.45) is 2.74. The third-order valence-corrected chi connectivity index (χ3v) is 3.50. The lowest BCUT2D eigenvalue weighted by Gasteiger charge is -2.22. The zero-order chi connectivity index (χ0) is 14.4. The van der Waals surface area contributed by atoms with Crippen LogP contribution in [0.3, 0.4) is 0 Å². The van der Waals surface area contributed by atoms with E-state index < -0.39 is 0 Å². The Kier molecular flexibility index (Phi) is 5.39. The maximum Gasteiger partial charge on any atom is 0.133 e. The van der Waals surface area contributed by atoms with Crippen LogP contribution in [0.5, 0.6) is 5.75 Å². The van der Waals surface area contributed by atoms with Crippen molar-refractivity contribution >= 4 is 11.6 Å². The van der Waals surface area contributed by atoms with Crippen molar-refractivity contribution in [1.29, 1.82) is 0 Å². The predicted molar refractivity (Wildman–Crippen MR) is 81.8 cm³/mol. The van der Waals surface area contributed by atoms with Crippen LogP contribution in [-0.4, -0.2) is 21.5 Å². The van der Waals surface area contributed by atoms with Gasteiger partial charge in [-0.2, -0.15) is 0 Å². The Hall–Kier alpha value is -1.58. The predicted octanol–water partition coefficient (Wildman–Crippen LogP) is 3.85. The molecular weight excluding hydrogens is 272 g/mol. The van der Waals surface area contributed by atoms with E-state index in [9.17, 15) is 5.11 Å². The van der Waals surface area contributed by atoms with Gasteiger partial charge in [0.2, 0.25) is 0 Å². The Balaban J connectivity index is 2.12. The van der Waals surface area contributed by atoms with Gasteiger partial charge >= 0.3 is 0 Å². The van der Waals surface area contributed by atoms with Crippen molar-refractivity contribution in [2.24, 2.45) is 0 Å². The fourth-order valence-corrected chi connectivity index (χ4v) is 2.37. The van der Waals surface area contributed by atoms with Gasteiger partial charge in [0.05, 0.1) is 0 Å². The van der Waals surface area contributed by atoms with Crippen LogP contribution in [0.4, 0.5) is 0 Å². The molecule has 0 saturated carbocycles. The van der Waals surface area contributed by atoms with Crippen molar-refractivity contribution in [2.45, 2.75) is 26.4 Å². The zero-order valence-electron chi connectivity index (χ0n) is 11.6. The maximum atomic E-state index is 9.88. The molecule has 0 aliphatic heterocycles. The fraction of sp³-hybridized carbons (Fsp3) is 0.312. The minimum atomic E-state index is 0.339. The molecule has 1 N–H and O–H groups in total. The van der Waals surface area contributed by atoms with Gasteiger partial charge in [0.1, 0.15) is 10.9 Å². The average Bonchev–Trinajstić information content (AvgIpc) is 2.44. The summed E-state index contributed by atoms with van der Waals surface area (Å²) >= 11 is 6.12. The average molecular weight is 291 g/mol. The standard InChI is InChI=1S/C16H19ClN2O/c1-2-10-19(11-13-6-3-4-8-15(13)20)12-14-7-5-9-18-16(14)17/h3-9,20H,2,10-12H2,1H3. The van der Waals surface area contributed by atoms with Crippen molar-refractivity contribution in [1.82, 2.24) is 9.88 Å². The summed E-state index contributed by atoms with van der Waals surface area (Å²) in [7, 11) is 0. The van der Waals surface area contributed by atoms with Gasteiger partial charge in [0.25, 0.3) is 0 Å². The molecule has 20 heavy (non-hydrogen) atoms. The van der Waals surface area contributed by atoms with Gasteiger partial charge < -0.3 is 5.11 Å². The first kappa shape index (κ1) is 14.8. The third-order valence-electron chi connectivity index (χ3n) is 3.16. The van der Waals surface area contributed by atoms with Crippen LogP contribution in [0.15, 0.2) is 42.6 Å². The third kappa shape index (κ3) is 3.95. The molecule has 2 aromatic rings. The molecule has 0 radical (unpaired) electrons. The van der Waals surface area contributed by atoms with Crippen molar-refractivity contribution in [3.8, 4) is 5.75 Å². The Morgan fingerprint density at radius 2 is 1.80 bits per heavy atom. The topological polar surface area (TPSA) is 36.4 Å². The van der Waals surface area contributed by atoms with Crippen LogP contribution < -0.4 is 0 Å². The van der Waals surface area contributed by atoms with Gasteiger partial charge in [0, 0.05) is 30.4 Å². The van der Waals surface area contributed by atoms with E-state index >= 15 is 0 Å². The van der Waals surface area contributed by atoms with E-state index in [-0.39, 0.29) is 0 Å². The number of aromatic nitrogens is 1. The molecule has 2 rings (SSSR count). The zero-order valence-corrected chi connectivity index (χ0v) is 12.3. The first-order valence-corrected chi connectivity index (χ1v) is 7.17. The Morgan fingerprint density at radius 1 is 1.10 bits per heavy atom. The van der Waals surface area contributed by atoms with Crippen LogP contribution in [0.2, 0.25) is 5.15 Å². The van der Waals surface area contributed by atoms with E-state index in [4.69, 9.17) is 11.6 Å². The monoisotopic (exact) mass is 290 g/mol. The molecule has 1 heterocycles. The second kappa shape index (κ2) is 7.27. The largest absolute Gasteiger partial charge is 0.508 e. The molecule has 0 bridgehead atoms. The highest BCUT2D eigenvalue weighted by atomic mass is 35.5. The summed E-state index contributed by atoms with van der Waals surface area (Å²) < 4.78 is 0. The molecule has 0 unspecified atom stereocenters. The molecule has 3 nitrogen and oxygen atoms in total. The number of rotatable bonds is 6. The van der Waals surface area contributed by atoms with Gasteiger partial charge in [-0.25, -0.2) is 4.98 Å². The Labute approximate surface area is 124 Å². The van der Waals surface area contributed by atoms with Crippen LogP contribution in [0, 0.1) is 0 Å². The van der Waals surface area contributed by atoms with E-state index in [1.165, 1.54) is 0 Å². The first-order valence-electron chi connectivity index (χ1n) is 6.79. The summed E-state index contributed by atoms with van der Waals surface area (Å²) in [5, 5.41) is 10.4. The maximum absolute atomic E-state index is 9.88. The molecule has 0 spiro atoms. The van der Waals surface area contributed by atoms with Crippen LogP contribution >= 0.6 is 11.6 Å². The highest BCUT2D eigenvalue weighted by Crippen LogP contribution is 2.20.